The molecular weight excluding hydrogens is 550 g/mol. The van der Waals surface area contributed by atoms with Crippen molar-refractivity contribution in [2.24, 2.45) is 0 Å². The van der Waals surface area contributed by atoms with E-state index in [-0.39, 0.29) is 23.1 Å². The lowest BCUT2D eigenvalue weighted by molar-refractivity contribution is -0.384. The van der Waals surface area contributed by atoms with Crippen LogP contribution in [0.4, 0.5) is 17.1 Å². The van der Waals surface area contributed by atoms with Crippen molar-refractivity contribution < 1.29 is 19.3 Å². The zero-order chi connectivity index (χ0) is 30.3. The van der Waals surface area contributed by atoms with Crippen LogP contribution in [-0.4, -0.2) is 84.8 Å². The van der Waals surface area contributed by atoms with E-state index in [9.17, 15) is 24.5 Å². The Bertz CT molecular complexity index is 1550. The quantitative estimate of drug-likeness (QED) is 0.333. The third-order valence-electron chi connectivity index (χ3n) is 7.63. The van der Waals surface area contributed by atoms with E-state index in [0.29, 0.717) is 73.9 Å². The number of non-ortho nitro benzene ring substituents is 1. The Labute approximate surface area is 248 Å². The Kier molecular flexibility index (Phi) is 8.93. The zero-order valence-electron chi connectivity index (χ0n) is 23.5. The van der Waals surface area contributed by atoms with E-state index < -0.39 is 10.8 Å². The molecule has 0 radical (unpaired) electrons. The fraction of sp³-hybridized carbons (Fsp3) is 0.290. The molecule has 0 spiro atoms. The summed E-state index contributed by atoms with van der Waals surface area (Å²) in [4.78, 5) is 55.8. The molecule has 2 aliphatic heterocycles. The van der Waals surface area contributed by atoms with E-state index >= 15 is 0 Å². The summed E-state index contributed by atoms with van der Waals surface area (Å²) in [5.41, 5.74) is 2.70. The first kappa shape index (κ1) is 29.2. The van der Waals surface area contributed by atoms with Crippen LogP contribution in [-0.2, 0) is 0 Å². The summed E-state index contributed by atoms with van der Waals surface area (Å²) in [6, 6.07) is 19.1. The molecule has 0 unspecified atom stereocenters. The van der Waals surface area contributed by atoms with Crippen LogP contribution < -0.4 is 15.5 Å². The van der Waals surface area contributed by atoms with Crippen molar-refractivity contribution in [1.29, 1.82) is 5.26 Å². The van der Waals surface area contributed by atoms with Gasteiger partial charge in [-0.1, -0.05) is 0 Å². The predicted molar refractivity (Wildman–Crippen MR) is 160 cm³/mol. The second-order valence-electron chi connectivity index (χ2n) is 10.4. The van der Waals surface area contributed by atoms with Crippen LogP contribution in [0.5, 0.6) is 0 Å². The number of nitro benzene ring substituents is 1. The number of amides is 3. The van der Waals surface area contributed by atoms with Gasteiger partial charge in [0.05, 0.1) is 27.9 Å². The first-order valence-corrected chi connectivity index (χ1v) is 14.1. The number of hydrogen-bond donors (Lipinski definition) is 2. The van der Waals surface area contributed by atoms with Crippen LogP contribution in [0, 0.1) is 21.4 Å². The van der Waals surface area contributed by atoms with Crippen LogP contribution in [0.25, 0.3) is 0 Å². The minimum absolute atomic E-state index is 0.120. The standard InChI is InChI=1S/C31H31N7O5/c32-21-22-2-4-24(5-3-22)30(40)37-18-16-35(17-19-37)28-11-8-25(31(41)36-14-1-12-33-13-15-36)20-27(28)34-29(39)23-6-9-26(10-7-23)38(42)43/h2-11,20,33H,1,12-19H2,(H,34,39). The molecule has 0 saturated carbocycles. The molecule has 2 heterocycles. The Balaban J connectivity index is 1.36. The molecule has 2 fully saturated rings. The lowest BCUT2D eigenvalue weighted by Crippen LogP contribution is -2.49. The smallest absolute Gasteiger partial charge is 0.269 e. The third kappa shape index (κ3) is 6.79. The summed E-state index contributed by atoms with van der Waals surface area (Å²) in [6.45, 7) is 4.64. The second-order valence-corrected chi connectivity index (χ2v) is 10.4. The normalized spacial score (nSPS) is 15.3. The average Bonchev–Trinajstić information content (AvgIpc) is 3.34. The summed E-state index contributed by atoms with van der Waals surface area (Å²) in [6.07, 6.45) is 0.846. The molecule has 3 aromatic rings. The molecule has 0 bridgehead atoms. The number of rotatable bonds is 6. The largest absolute Gasteiger partial charge is 0.366 e. The van der Waals surface area contributed by atoms with E-state index in [0.717, 1.165) is 13.0 Å². The molecule has 3 aromatic carbocycles. The van der Waals surface area contributed by atoms with Gasteiger partial charge in [0, 0.05) is 74.6 Å². The van der Waals surface area contributed by atoms with Crippen LogP contribution in [0.15, 0.2) is 66.7 Å². The average molecular weight is 582 g/mol. The molecule has 43 heavy (non-hydrogen) atoms. The zero-order valence-corrected chi connectivity index (χ0v) is 23.5. The van der Waals surface area contributed by atoms with E-state index in [1.165, 1.54) is 24.3 Å². The number of nitrogens with zero attached hydrogens (tertiary/aromatic N) is 5. The Morgan fingerprint density at radius 1 is 0.791 bits per heavy atom. The van der Waals surface area contributed by atoms with Crippen LogP contribution >= 0.6 is 0 Å². The van der Waals surface area contributed by atoms with Gasteiger partial charge in [0.2, 0.25) is 0 Å². The van der Waals surface area contributed by atoms with Crippen molar-refractivity contribution in [2.75, 3.05) is 62.6 Å². The van der Waals surface area contributed by atoms with Gasteiger partial charge in [0.25, 0.3) is 23.4 Å². The first-order valence-electron chi connectivity index (χ1n) is 14.1. The van der Waals surface area contributed by atoms with Gasteiger partial charge in [-0.3, -0.25) is 24.5 Å². The van der Waals surface area contributed by atoms with Gasteiger partial charge < -0.3 is 25.3 Å². The molecule has 0 atom stereocenters. The summed E-state index contributed by atoms with van der Waals surface area (Å²) in [5, 5.41) is 26.3. The van der Waals surface area contributed by atoms with Gasteiger partial charge in [0.1, 0.15) is 0 Å². The van der Waals surface area contributed by atoms with Crippen LogP contribution in [0.3, 0.4) is 0 Å². The van der Waals surface area contributed by atoms with Crippen LogP contribution in [0.1, 0.15) is 43.1 Å². The molecule has 12 nitrogen and oxygen atoms in total. The van der Waals surface area contributed by atoms with Gasteiger partial charge in [-0.25, -0.2) is 0 Å². The molecule has 3 amide bonds. The predicted octanol–water partition coefficient (Wildman–Crippen LogP) is 3.12. The van der Waals surface area contributed by atoms with Crippen molar-refractivity contribution in [3.63, 3.8) is 0 Å². The van der Waals surface area contributed by atoms with E-state index in [1.807, 2.05) is 12.1 Å². The molecule has 5 rings (SSSR count). The van der Waals surface area contributed by atoms with Gasteiger partial charge >= 0.3 is 0 Å². The number of nitro groups is 1. The summed E-state index contributed by atoms with van der Waals surface area (Å²) < 4.78 is 0. The van der Waals surface area contributed by atoms with Gasteiger partial charge in [0.15, 0.2) is 0 Å². The van der Waals surface area contributed by atoms with Crippen molar-refractivity contribution in [1.82, 2.24) is 15.1 Å². The SMILES string of the molecule is N#Cc1ccc(C(=O)N2CCN(c3ccc(C(=O)N4CCCNCC4)cc3NC(=O)c3ccc([N+](=O)[O-])cc3)CC2)cc1. The lowest BCUT2D eigenvalue weighted by atomic mass is 10.1. The lowest BCUT2D eigenvalue weighted by Gasteiger charge is -2.37. The molecule has 2 aliphatic rings. The number of benzene rings is 3. The first-order chi connectivity index (χ1) is 20.8. The number of carbonyl (C=O) groups excluding carboxylic acids is 3. The molecule has 0 aromatic heterocycles. The molecule has 12 heteroatoms. The Morgan fingerprint density at radius 2 is 1.42 bits per heavy atom. The highest BCUT2D eigenvalue weighted by Crippen LogP contribution is 2.30. The summed E-state index contributed by atoms with van der Waals surface area (Å²) in [5.74, 6) is -0.711. The number of nitriles is 1. The molecule has 2 N–H and O–H groups in total. The minimum Gasteiger partial charge on any atom is -0.366 e. The van der Waals surface area contributed by atoms with Crippen molar-refractivity contribution in [2.45, 2.75) is 6.42 Å². The maximum atomic E-state index is 13.4. The van der Waals surface area contributed by atoms with Crippen LogP contribution in [0.2, 0.25) is 0 Å². The van der Waals surface area contributed by atoms with E-state index in [4.69, 9.17) is 5.26 Å². The minimum atomic E-state index is -0.529. The highest BCUT2D eigenvalue weighted by Gasteiger charge is 2.26. The monoisotopic (exact) mass is 581 g/mol. The summed E-state index contributed by atoms with van der Waals surface area (Å²) in [7, 11) is 0. The van der Waals surface area contributed by atoms with E-state index in [1.54, 1.807) is 46.2 Å². The summed E-state index contributed by atoms with van der Waals surface area (Å²) >= 11 is 0. The molecule has 2 saturated heterocycles. The van der Waals surface area contributed by atoms with Crippen molar-refractivity contribution in [3.05, 3.63) is 99.1 Å². The highest BCUT2D eigenvalue weighted by atomic mass is 16.6. The van der Waals surface area contributed by atoms with Crippen molar-refractivity contribution >= 4 is 34.8 Å². The number of nitrogens with one attached hydrogen (secondary N) is 2. The van der Waals surface area contributed by atoms with Gasteiger partial charge in [-0.15, -0.1) is 0 Å². The molecular formula is C31H31N7O5. The molecule has 0 aliphatic carbocycles. The number of hydrogen-bond acceptors (Lipinski definition) is 8. The number of carbonyl (C=O) groups is 3. The number of anilines is 2. The maximum absolute atomic E-state index is 13.4. The second kappa shape index (κ2) is 13.1. The number of piperazine rings is 1. The Hall–Kier alpha value is -5.28. The maximum Gasteiger partial charge on any atom is 0.269 e. The third-order valence-corrected chi connectivity index (χ3v) is 7.63. The van der Waals surface area contributed by atoms with Gasteiger partial charge in [-0.2, -0.15) is 5.26 Å². The molecule has 220 valence electrons. The topological polar surface area (TPSA) is 152 Å². The van der Waals surface area contributed by atoms with Gasteiger partial charge in [-0.05, 0) is 67.6 Å². The fourth-order valence-corrected chi connectivity index (χ4v) is 5.23. The fourth-order valence-electron chi connectivity index (χ4n) is 5.23. The highest BCUT2D eigenvalue weighted by molar-refractivity contribution is 6.07. The van der Waals surface area contributed by atoms with E-state index in [2.05, 4.69) is 15.5 Å². The Morgan fingerprint density at radius 3 is 2.09 bits per heavy atom. The van der Waals surface area contributed by atoms with Crippen molar-refractivity contribution in [3.8, 4) is 6.07 Å².